The molecule has 0 radical (unpaired) electrons. The van der Waals surface area contributed by atoms with E-state index in [9.17, 15) is 4.79 Å². The Balaban J connectivity index is 1.95. The van der Waals surface area contributed by atoms with Gasteiger partial charge in [0.2, 0.25) is 5.91 Å². The summed E-state index contributed by atoms with van der Waals surface area (Å²) in [5.74, 6) is 1.51. The number of carbonyl (C=O) groups is 1. The van der Waals surface area contributed by atoms with Crippen molar-refractivity contribution in [1.29, 1.82) is 0 Å². The van der Waals surface area contributed by atoms with Crippen LogP contribution in [0.4, 0.5) is 0 Å². The zero-order valence-corrected chi connectivity index (χ0v) is 13.9. The van der Waals surface area contributed by atoms with Gasteiger partial charge in [0.05, 0.1) is 8.65 Å². The summed E-state index contributed by atoms with van der Waals surface area (Å²) in [7, 11) is 0. The Morgan fingerprint density at radius 1 is 1.29 bits per heavy atom. The summed E-state index contributed by atoms with van der Waals surface area (Å²) in [4.78, 5) is 12.3. The lowest BCUT2D eigenvalue weighted by Gasteiger charge is -2.35. The van der Waals surface area contributed by atoms with Gasteiger partial charge in [0, 0.05) is 6.04 Å². The molecule has 0 aromatic carbocycles. The summed E-state index contributed by atoms with van der Waals surface area (Å²) in [5, 5.41) is 3.26. The molecule has 0 bridgehead atoms. The van der Waals surface area contributed by atoms with Gasteiger partial charge in [0.25, 0.3) is 0 Å². The minimum absolute atomic E-state index is 0.180. The molecule has 1 amide bonds. The maximum atomic E-state index is 12.3. The topological polar surface area (TPSA) is 29.1 Å². The van der Waals surface area contributed by atoms with E-state index in [2.05, 4.69) is 51.0 Å². The Kier molecular flexibility index (Phi) is 3.68. The van der Waals surface area contributed by atoms with Gasteiger partial charge in [-0.3, -0.25) is 4.79 Å². The van der Waals surface area contributed by atoms with Gasteiger partial charge in [-0.05, 0) is 31.6 Å². The maximum absolute atomic E-state index is 12.3. The number of rotatable bonds is 2. The van der Waals surface area contributed by atoms with Crippen molar-refractivity contribution < 1.29 is 4.79 Å². The molecule has 4 heteroatoms. The molecule has 0 heterocycles. The molecule has 1 N–H and O–H groups in total. The first-order valence-corrected chi connectivity index (χ1v) is 8.05. The predicted octanol–water partition coefficient (Wildman–Crippen LogP) is 3.82. The van der Waals surface area contributed by atoms with Crippen LogP contribution in [0.5, 0.6) is 0 Å². The van der Waals surface area contributed by atoms with Crippen molar-refractivity contribution in [2.45, 2.75) is 55.7 Å². The Morgan fingerprint density at radius 3 is 2.41 bits per heavy atom. The first kappa shape index (κ1) is 13.9. The van der Waals surface area contributed by atoms with Crippen LogP contribution < -0.4 is 5.32 Å². The van der Waals surface area contributed by atoms with E-state index in [1.54, 1.807) is 0 Å². The molecular weight excluding hydrogens is 346 g/mol. The lowest BCUT2D eigenvalue weighted by Crippen LogP contribution is -2.46. The molecular formula is C13H21Br2NO. The van der Waals surface area contributed by atoms with Crippen molar-refractivity contribution >= 4 is 37.8 Å². The van der Waals surface area contributed by atoms with Gasteiger partial charge in [0.15, 0.2) is 0 Å². The molecule has 0 saturated heterocycles. The highest BCUT2D eigenvalue weighted by Crippen LogP contribution is 2.66. The minimum Gasteiger partial charge on any atom is -0.353 e. The number of carbonyl (C=O) groups excluding carboxylic acids is 1. The predicted molar refractivity (Wildman–Crippen MR) is 77.4 cm³/mol. The van der Waals surface area contributed by atoms with Gasteiger partial charge in [-0.25, -0.2) is 0 Å². The van der Waals surface area contributed by atoms with E-state index in [0.29, 0.717) is 12.0 Å². The van der Waals surface area contributed by atoms with Gasteiger partial charge in [-0.2, -0.15) is 0 Å². The maximum Gasteiger partial charge on any atom is 0.228 e. The molecule has 4 atom stereocenters. The van der Waals surface area contributed by atoms with Crippen molar-refractivity contribution in [3.05, 3.63) is 0 Å². The van der Waals surface area contributed by atoms with E-state index in [4.69, 9.17) is 0 Å². The second kappa shape index (κ2) is 4.52. The number of alkyl halides is 2. The van der Waals surface area contributed by atoms with E-state index >= 15 is 0 Å². The number of hydrogen-bond acceptors (Lipinski definition) is 1. The van der Waals surface area contributed by atoms with Gasteiger partial charge in [-0.1, -0.05) is 58.5 Å². The molecule has 2 aliphatic rings. The largest absolute Gasteiger partial charge is 0.353 e. The van der Waals surface area contributed by atoms with Crippen LogP contribution in [0.1, 0.15) is 46.5 Å². The monoisotopic (exact) mass is 365 g/mol. The van der Waals surface area contributed by atoms with E-state index < -0.39 is 0 Å². The molecule has 0 spiro atoms. The normalized spacial score (nSPS) is 44.2. The van der Waals surface area contributed by atoms with Crippen LogP contribution in [0.15, 0.2) is 0 Å². The third-order valence-corrected chi connectivity index (χ3v) is 7.09. The fraction of sp³-hybridized carbons (Fsp3) is 0.923. The molecule has 0 unspecified atom stereocenters. The highest BCUT2D eigenvalue weighted by atomic mass is 79.9. The molecule has 2 rings (SSSR count). The van der Waals surface area contributed by atoms with Crippen LogP contribution >= 0.6 is 31.9 Å². The third-order valence-electron chi connectivity index (χ3n) is 4.78. The Hall–Kier alpha value is 0.430. The SMILES string of the molecule is C[C@H]1[C@@H](NC(=O)[C@@]2(C)CC2(Br)Br)CCC[C@@H]1C. The van der Waals surface area contributed by atoms with Crippen molar-refractivity contribution in [1.82, 2.24) is 5.32 Å². The number of nitrogens with one attached hydrogen (secondary N) is 1. The van der Waals surface area contributed by atoms with Crippen LogP contribution in [0.3, 0.4) is 0 Å². The minimum atomic E-state index is -0.284. The molecule has 17 heavy (non-hydrogen) atoms. The summed E-state index contributed by atoms with van der Waals surface area (Å²) in [5.41, 5.74) is -0.284. The summed E-state index contributed by atoms with van der Waals surface area (Å²) in [6, 6.07) is 0.361. The smallest absolute Gasteiger partial charge is 0.228 e. The van der Waals surface area contributed by atoms with Gasteiger partial charge < -0.3 is 5.32 Å². The van der Waals surface area contributed by atoms with Crippen LogP contribution in [0.25, 0.3) is 0 Å². The van der Waals surface area contributed by atoms with Crippen LogP contribution in [-0.2, 0) is 4.79 Å². The van der Waals surface area contributed by atoms with Crippen molar-refractivity contribution in [2.75, 3.05) is 0 Å². The van der Waals surface area contributed by atoms with Gasteiger partial charge >= 0.3 is 0 Å². The first-order chi connectivity index (χ1) is 7.78. The lowest BCUT2D eigenvalue weighted by atomic mass is 9.78. The number of amides is 1. The number of hydrogen-bond donors (Lipinski definition) is 1. The molecule has 2 nitrogen and oxygen atoms in total. The van der Waals surface area contributed by atoms with Crippen LogP contribution in [0.2, 0.25) is 0 Å². The summed E-state index contributed by atoms with van der Waals surface area (Å²) >= 11 is 7.11. The summed E-state index contributed by atoms with van der Waals surface area (Å²) < 4.78 is -0.180. The van der Waals surface area contributed by atoms with Gasteiger partial charge in [0.1, 0.15) is 0 Å². The Bertz CT molecular complexity index is 331. The molecule has 98 valence electrons. The van der Waals surface area contributed by atoms with Crippen molar-refractivity contribution in [3.63, 3.8) is 0 Å². The molecule has 0 aromatic heterocycles. The first-order valence-electron chi connectivity index (χ1n) is 6.47. The average molecular weight is 367 g/mol. The van der Waals surface area contributed by atoms with E-state index in [1.165, 1.54) is 12.8 Å². The standard InChI is InChI=1S/C13H21Br2NO/c1-8-5-4-6-10(9(8)2)16-11(17)12(3)7-13(12,14)15/h8-10H,4-7H2,1-3H3,(H,16,17)/t8-,9+,10-,12+/m0/s1. The molecule has 2 saturated carbocycles. The van der Waals surface area contributed by atoms with Crippen molar-refractivity contribution in [3.8, 4) is 0 Å². The Morgan fingerprint density at radius 2 is 1.88 bits per heavy atom. The highest BCUT2D eigenvalue weighted by molar-refractivity contribution is 9.25. The molecule has 0 aliphatic heterocycles. The number of halogens is 2. The van der Waals surface area contributed by atoms with Crippen LogP contribution in [0, 0.1) is 17.3 Å². The molecule has 2 fully saturated rings. The molecule has 0 aromatic rings. The van der Waals surface area contributed by atoms with E-state index in [-0.39, 0.29) is 14.6 Å². The zero-order valence-electron chi connectivity index (χ0n) is 10.7. The zero-order chi connectivity index (χ0) is 12.8. The average Bonchev–Trinajstić information content (AvgIpc) is 2.75. The molecule has 2 aliphatic carbocycles. The van der Waals surface area contributed by atoms with E-state index in [1.807, 2.05) is 6.92 Å². The van der Waals surface area contributed by atoms with Crippen molar-refractivity contribution in [2.24, 2.45) is 17.3 Å². The lowest BCUT2D eigenvalue weighted by molar-refractivity contribution is -0.127. The van der Waals surface area contributed by atoms with Crippen LogP contribution in [-0.4, -0.2) is 15.2 Å². The summed E-state index contributed by atoms with van der Waals surface area (Å²) in [6.45, 7) is 6.57. The second-order valence-corrected chi connectivity index (χ2v) is 9.83. The second-order valence-electron chi connectivity index (χ2n) is 6.06. The highest BCUT2D eigenvalue weighted by Gasteiger charge is 2.66. The quantitative estimate of drug-likeness (QED) is 0.739. The Labute approximate surface area is 121 Å². The third kappa shape index (κ3) is 2.44. The van der Waals surface area contributed by atoms with E-state index in [0.717, 1.165) is 18.8 Å². The van der Waals surface area contributed by atoms with Gasteiger partial charge in [-0.15, -0.1) is 0 Å². The fourth-order valence-electron chi connectivity index (χ4n) is 2.76. The summed E-state index contributed by atoms with van der Waals surface area (Å²) in [6.07, 6.45) is 4.53. The fourth-order valence-corrected chi connectivity index (χ4v) is 4.24.